The molecule has 0 unspecified atom stereocenters. The summed E-state index contributed by atoms with van der Waals surface area (Å²) >= 11 is 0. The molecular formula is C16H19N3O. The zero-order valence-corrected chi connectivity index (χ0v) is 11.8. The standard InChI is InChI=1S/C16H19N3O/c1-11-8-12(2)18-15(9-11)19-14(16(17)20)10-13-6-4-3-5-7-13/h3-9,14H,10H2,1-2H3,(H2,17,20)(H,18,19)/t14-/m0/s1. The maximum Gasteiger partial charge on any atom is 0.240 e. The fourth-order valence-corrected chi connectivity index (χ4v) is 2.17. The molecule has 2 rings (SSSR count). The van der Waals surface area contributed by atoms with E-state index in [9.17, 15) is 4.79 Å². The summed E-state index contributed by atoms with van der Waals surface area (Å²) in [6, 6.07) is 13.2. The van der Waals surface area contributed by atoms with Gasteiger partial charge < -0.3 is 11.1 Å². The van der Waals surface area contributed by atoms with E-state index in [1.54, 1.807) is 0 Å². The van der Waals surface area contributed by atoms with Gasteiger partial charge in [-0.25, -0.2) is 4.98 Å². The zero-order chi connectivity index (χ0) is 14.5. The lowest BCUT2D eigenvalue weighted by Gasteiger charge is -2.17. The first-order valence-corrected chi connectivity index (χ1v) is 6.59. The lowest BCUT2D eigenvalue weighted by Crippen LogP contribution is -2.37. The Morgan fingerprint density at radius 1 is 1.25 bits per heavy atom. The van der Waals surface area contributed by atoms with Gasteiger partial charge in [0, 0.05) is 12.1 Å². The fourth-order valence-electron chi connectivity index (χ4n) is 2.17. The molecule has 2 aromatic rings. The number of hydrogen-bond donors (Lipinski definition) is 2. The molecule has 4 heteroatoms. The van der Waals surface area contributed by atoms with Crippen molar-refractivity contribution in [3.8, 4) is 0 Å². The summed E-state index contributed by atoms with van der Waals surface area (Å²) in [5.74, 6) is 0.303. The van der Waals surface area contributed by atoms with Crippen LogP contribution in [0.25, 0.3) is 0 Å². The highest BCUT2D eigenvalue weighted by Gasteiger charge is 2.16. The smallest absolute Gasteiger partial charge is 0.240 e. The van der Waals surface area contributed by atoms with E-state index in [0.29, 0.717) is 12.2 Å². The highest BCUT2D eigenvalue weighted by Crippen LogP contribution is 2.12. The number of amides is 1. The predicted octanol–water partition coefficient (Wildman–Crippen LogP) is 2.21. The average Bonchev–Trinajstić information content (AvgIpc) is 2.38. The SMILES string of the molecule is Cc1cc(C)nc(N[C@@H](Cc2ccccc2)C(N)=O)c1. The summed E-state index contributed by atoms with van der Waals surface area (Å²) in [7, 11) is 0. The summed E-state index contributed by atoms with van der Waals surface area (Å²) in [4.78, 5) is 16.0. The number of aromatic nitrogens is 1. The number of pyridine rings is 1. The van der Waals surface area contributed by atoms with Crippen LogP contribution >= 0.6 is 0 Å². The van der Waals surface area contributed by atoms with Crippen molar-refractivity contribution in [1.82, 2.24) is 4.98 Å². The van der Waals surface area contributed by atoms with E-state index in [4.69, 9.17) is 5.73 Å². The topological polar surface area (TPSA) is 68.0 Å². The number of carbonyl (C=O) groups excluding carboxylic acids is 1. The van der Waals surface area contributed by atoms with E-state index in [2.05, 4.69) is 10.3 Å². The number of rotatable bonds is 5. The van der Waals surface area contributed by atoms with Gasteiger partial charge in [-0.2, -0.15) is 0 Å². The molecule has 1 heterocycles. The number of nitrogens with two attached hydrogens (primary N) is 1. The minimum atomic E-state index is -0.467. The van der Waals surface area contributed by atoms with Gasteiger partial charge in [0.05, 0.1) is 0 Å². The van der Waals surface area contributed by atoms with Crippen molar-refractivity contribution in [3.05, 3.63) is 59.3 Å². The third-order valence-corrected chi connectivity index (χ3v) is 3.05. The Morgan fingerprint density at radius 3 is 2.55 bits per heavy atom. The van der Waals surface area contributed by atoms with E-state index < -0.39 is 6.04 Å². The van der Waals surface area contributed by atoms with Gasteiger partial charge in [0.1, 0.15) is 11.9 Å². The normalized spacial score (nSPS) is 11.9. The van der Waals surface area contributed by atoms with Crippen LogP contribution in [0, 0.1) is 13.8 Å². The Bertz CT molecular complexity index is 576. The second-order valence-electron chi connectivity index (χ2n) is 4.96. The van der Waals surface area contributed by atoms with Gasteiger partial charge in [0.15, 0.2) is 0 Å². The van der Waals surface area contributed by atoms with E-state index in [0.717, 1.165) is 16.8 Å². The first-order chi connectivity index (χ1) is 9.54. The van der Waals surface area contributed by atoms with E-state index in [1.807, 2.05) is 56.3 Å². The van der Waals surface area contributed by atoms with Crippen LogP contribution in [0.15, 0.2) is 42.5 Å². The number of hydrogen-bond acceptors (Lipinski definition) is 3. The monoisotopic (exact) mass is 269 g/mol. The molecule has 1 aromatic heterocycles. The van der Waals surface area contributed by atoms with E-state index >= 15 is 0 Å². The van der Waals surface area contributed by atoms with Crippen molar-refractivity contribution < 1.29 is 4.79 Å². The van der Waals surface area contributed by atoms with Crippen molar-refractivity contribution in [2.45, 2.75) is 26.3 Å². The van der Waals surface area contributed by atoms with Crippen molar-refractivity contribution in [2.24, 2.45) is 5.73 Å². The molecule has 1 atom stereocenters. The third-order valence-electron chi connectivity index (χ3n) is 3.05. The Labute approximate surface area is 119 Å². The summed E-state index contributed by atoms with van der Waals surface area (Å²) in [6.07, 6.45) is 0.546. The molecule has 0 bridgehead atoms. The lowest BCUT2D eigenvalue weighted by molar-refractivity contribution is -0.118. The van der Waals surface area contributed by atoms with Crippen LogP contribution in [-0.4, -0.2) is 16.9 Å². The lowest BCUT2D eigenvalue weighted by atomic mass is 10.1. The fraction of sp³-hybridized carbons (Fsp3) is 0.250. The number of anilines is 1. The molecular weight excluding hydrogens is 250 g/mol. The molecule has 0 saturated carbocycles. The summed E-state index contributed by atoms with van der Waals surface area (Å²) in [6.45, 7) is 3.92. The molecule has 1 aromatic carbocycles. The van der Waals surface area contributed by atoms with Gasteiger partial charge in [-0.15, -0.1) is 0 Å². The predicted molar refractivity (Wildman–Crippen MR) is 80.5 cm³/mol. The van der Waals surface area contributed by atoms with Crippen LogP contribution in [0.5, 0.6) is 0 Å². The maximum absolute atomic E-state index is 11.6. The molecule has 0 radical (unpaired) electrons. The van der Waals surface area contributed by atoms with Crippen LogP contribution in [0.2, 0.25) is 0 Å². The van der Waals surface area contributed by atoms with Crippen molar-refractivity contribution >= 4 is 11.7 Å². The van der Waals surface area contributed by atoms with Crippen LogP contribution in [0.1, 0.15) is 16.8 Å². The van der Waals surface area contributed by atoms with Crippen LogP contribution in [0.4, 0.5) is 5.82 Å². The van der Waals surface area contributed by atoms with Crippen LogP contribution in [-0.2, 0) is 11.2 Å². The van der Waals surface area contributed by atoms with Gasteiger partial charge in [-0.1, -0.05) is 30.3 Å². The van der Waals surface area contributed by atoms with Crippen molar-refractivity contribution in [3.63, 3.8) is 0 Å². The van der Waals surface area contributed by atoms with Crippen LogP contribution < -0.4 is 11.1 Å². The number of benzene rings is 1. The second-order valence-corrected chi connectivity index (χ2v) is 4.96. The largest absolute Gasteiger partial charge is 0.368 e. The minimum absolute atomic E-state index is 0.380. The molecule has 4 nitrogen and oxygen atoms in total. The number of nitrogens with one attached hydrogen (secondary N) is 1. The molecule has 0 fully saturated rings. The van der Waals surface area contributed by atoms with Gasteiger partial charge in [0.2, 0.25) is 5.91 Å². The van der Waals surface area contributed by atoms with Crippen LogP contribution in [0.3, 0.4) is 0 Å². The van der Waals surface area contributed by atoms with E-state index in [-0.39, 0.29) is 5.91 Å². The second kappa shape index (κ2) is 6.19. The Morgan fingerprint density at radius 2 is 1.95 bits per heavy atom. The highest BCUT2D eigenvalue weighted by atomic mass is 16.1. The maximum atomic E-state index is 11.6. The molecule has 20 heavy (non-hydrogen) atoms. The number of primary amides is 1. The quantitative estimate of drug-likeness (QED) is 0.874. The van der Waals surface area contributed by atoms with Gasteiger partial charge in [-0.05, 0) is 37.1 Å². The molecule has 0 aliphatic heterocycles. The average molecular weight is 269 g/mol. The molecule has 0 saturated heterocycles. The Balaban J connectivity index is 2.15. The number of aryl methyl sites for hydroxylation is 2. The van der Waals surface area contributed by atoms with E-state index in [1.165, 1.54) is 0 Å². The van der Waals surface area contributed by atoms with Crippen molar-refractivity contribution in [1.29, 1.82) is 0 Å². The summed E-state index contributed by atoms with van der Waals surface area (Å²) in [5, 5.41) is 3.12. The van der Waals surface area contributed by atoms with Gasteiger partial charge >= 0.3 is 0 Å². The third kappa shape index (κ3) is 3.82. The molecule has 1 amide bonds. The Hall–Kier alpha value is -2.36. The number of nitrogens with zero attached hydrogens (tertiary/aromatic N) is 1. The minimum Gasteiger partial charge on any atom is -0.368 e. The molecule has 0 aliphatic rings. The van der Waals surface area contributed by atoms with Gasteiger partial charge in [0.25, 0.3) is 0 Å². The summed E-state index contributed by atoms with van der Waals surface area (Å²) < 4.78 is 0. The molecule has 0 spiro atoms. The van der Waals surface area contributed by atoms with Crippen molar-refractivity contribution in [2.75, 3.05) is 5.32 Å². The zero-order valence-electron chi connectivity index (χ0n) is 11.8. The Kier molecular flexibility index (Phi) is 4.35. The first-order valence-electron chi connectivity index (χ1n) is 6.59. The molecule has 104 valence electrons. The number of carbonyl (C=O) groups is 1. The first kappa shape index (κ1) is 14.1. The molecule has 3 N–H and O–H groups in total. The van der Waals surface area contributed by atoms with Gasteiger partial charge in [-0.3, -0.25) is 4.79 Å². The molecule has 0 aliphatic carbocycles. The highest BCUT2D eigenvalue weighted by molar-refractivity contribution is 5.83. The summed E-state index contributed by atoms with van der Waals surface area (Å²) in [5.41, 5.74) is 8.55.